The number of nitro groups is 1. The molecule has 1 fully saturated rings. The van der Waals surface area contributed by atoms with E-state index in [4.69, 9.17) is 0 Å². The summed E-state index contributed by atoms with van der Waals surface area (Å²) in [6.45, 7) is 0. The first kappa shape index (κ1) is 18.6. The van der Waals surface area contributed by atoms with Crippen LogP contribution in [-0.4, -0.2) is 28.8 Å². The molecule has 24 heavy (non-hydrogen) atoms. The average molecular weight is 362 g/mol. The normalized spacial score (nSPS) is 21.3. The number of carbonyl (C=O) groups is 1. The van der Waals surface area contributed by atoms with Crippen molar-refractivity contribution < 1.29 is 22.9 Å². The quantitative estimate of drug-likeness (QED) is 0.489. The number of alkyl halides is 3. The standard InChI is InChI=1S/C15H17F3N2O3S/c16-15(17,18)10-2-1-3-11(8-10)19-14(21)9-24-13-6-4-12(5-7-13)20(22)23/h4-7,10-11H,1-3,8-9H2,(H,19,21)/t10-,11-/m0/s1. The second-order valence-corrected chi connectivity index (χ2v) is 6.76. The van der Waals surface area contributed by atoms with Crippen molar-refractivity contribution in [3.63, 3.8) is 0 Å². The molecule has 1 aromatic rings. The van der Waals surface area contributed by atoms with Gasteiger partial charge in [0.2, 0.25) is 5.91 Å². The largest absolute Gasteiger partial charge is 0.391 e. The van der Waals surface area contributed by atoms with Gasteiger partial charge in [-0.1, -0.05) is 6.42 Å². The van der Waals surface area contributed by atoms with Gasteiger partial charge in [0.05, 0.1) is 16.6 Å². The van der Waals surface area contributed by atoms with Crippen molar-refractivity contribution in [2.75, 3.05) is 5.75 Å². The Bertz CT molecular complexity index is 593. The number of benzene rings is 1. The van der Waals surface area contributed by atoms with Crippen LogP contribution in [-0.2, 0) is 4.79 Å². The number of rotatable bonds is 5. The first-order valence-electron chi connectivity index (χ1n) is 7.49. The fourth-order valence-corrected chi connectivity index (χ4v) is 3.41. The van der Waals surface area contributed by atoms with Crippen LogP contribution in [0.3, 0.4) is 0 Å². The van der Waals surface area contributed by atoms with Gasteiger partial charge in [0.1, 0.15) is 0 Å². The summed E-state index contributed by atoms with van der Waals surface area (Å²) in [6, 6.07) is 5.31. The molecule has 1 aromatic carbocycles. The molecule has 0 radical (unpaired) electrons. The zero-order chi connectivity index (χ0) is 17.7. The number of non-ortho nitro benzene ring substituents is 1. The minimum absolute atomic E-state index is 0.0378. The molecule has 1 aliphatic rings. The smallest absolute Gasteiger partial charge is 0.353 e. The van der Waals surface area contributed by atoms with E-state index < -0.39 is 23.1 Å². The van der Waals surface area contributed by atoms with Gasteiger partial charge in [-0.3, -0.25) is 14.9 Å². The van der Waals surface area contributed by atoms with E-state index in [1.54, 1.807) is 0 Å². The van der Waals surface area contributed by atoms with Crippen LogP contribution in [0.5, 0.6) is 0 Å². The topological polar surface area (TPSA) is 72.2 Å². The Hall–Kier alpha value is -1.77. The molecule has 0 aliphatic heterocycles. The van der Waals surface area contributed by atoms with E-state index in [2.05, 4.69) is 5.32 Å². The molecule has 0 unspecified atom stereocenters. The lowest BCUT2D eigenvalue weighted by Crippen LogP contribution is -2.42. The summed E-state index contributed by atoms with van der Waals surface area (Å²) in [5.41, 5.74) is -0.0378. The molecule has 1 amide bonds. The minimum atomic E-state index is -4.21. The molecule has 1 N–H and O–H groups in total. The summed E-state index contributed by atoms with van der Waals surface area (Å²) in [6.07, 6.45) is -3.16. The van der Waals surface area contributed by atoms with E-state index in [0.717, 1.165) is 0 Å². The Morgan fingerprint density at radius 3 is 2.54 bits per heavy atom. The summed E-state index contributed by atoms with van der Waals surface area (Å²) in [5.74, 6) is -1.62. The Labute approximate surface area is 141 Å². The number of thioether (sulfide) groups is 1. The fraction of sp³-hybridized carbons (Fsp3) is 0.533. The van der Waals surface area contributed by atoms with Gasteiger partial charge in [-0.2, -0.15) is 13.2 Å². The maximum Gasteiger partial charge on any atom is 0.391 e. The first-order valence-corrected chi connectivity index (χ1v) is 8.47. The molecular formula is C15H17F3N2O3S. The van der Waals surface area contributed by atoms with Crippen LogP contribution in [0.2, 0.25) is 0 Å². The number of nitrogens with zero attached hydrogens (tertiary/aromatic N) is 1. The molecule has 9 heteroatoms. The molecule has 0 spiro atoms. The monoisotopic (exact) mass is 362 g/mol. The highest BCUT2D eigenvalue weighted by atomic mass is 32.2. The minimum Gasteiger partial charge on any atom is -0.353 e. The summed E-state index contributed by atoms with van der Waals surface area (Å²) in [4.78, 5) is 22.6. The number of halogens is 3. The third-order valence-electron chi connectivity index (χ3n) is 3.92. The molecule has 1 aliphatic carbocycles. The Kier molecular flexibility index (Phi) is 6.09. The third-order valence-corrected chi connectivity index (χ3v) is 4.93. The maximum atomic E-state index is 12.7. The van der Waals surface area contributed by atoms with Gasteiger partial charge in [-0.25, -0.2) is 0 Å². The van der Waals surface area contributed by atoms with Crippen LogP contribution in [0.4, 0.5) is 18.9 Å². The number of amides is 1. The summed E-state index contributed by atoms with van der Waals surface area (Å²) < 4.78 is 38.2. The lowest BCUT2D eigenvalue weighted by molar-refractivity contribution is -0.384. The predicted octanol–water partition coefficient (Wildman–Crippen LogP) is 3.92. The molecule has 2 atom stereocenters. The molecule has 2 rings (SSSR count). The average Bonchev–Trinajstić information content (AvgIpc) is 2.53. The van der Waals surface area contributed by atoms with Crippen molar-refractivity contribution >= 4 is 23.4 Å². The lowest BCUT2D eigenvalue weighted by atomic mass is 9.85. The zero-order valence-corrected chi connectivity index (χ0v) is 13.5. The lowest BCUT2D eigenvalue weighted by Gasteiger charge is -2.31. The molecule has 0 bridgehead atoms. The number of carbonyl (C=O) groups excluding carboxylic acids is 1. The molecule has 1 saturated carbocycles. The van der Waals surface area contributed by atoms with Crippen molar-refractivity contribution in [2.45, 2.75) is 42.8 Å². The van der Waals surface area contributed by atoms with Crippen molar-refractivity contribution in [3.05, 3.63) is 34.4 Å². The van der Waals surface area contributed by atoms with Crippen LogP contribution in [0.25, 0.3) is 0 Å². The molecular weight excluding hydrogens is 345 g/mol. The van der Waals surface area contributed by atoms with Crippen LogP contribution < -0.4 is 5.32 Å². The van der Waals surface area contributed by atoms with E-state index in [0.29, 0.717) is 17.7 Å². The van der Waals surface area contributed by atoms with Crippen molar-refractivity contribution in [1.29, 1.82) is 0 Å². The Balaban J connectivity index is 1.79. The molecule has 0 aromatic heterocycles. The molecule has 5 nitrogen and oxygen atoms in total. The highest BCUT2D eigenvalue weighted by molar-refractivity contribution is 8.00. The molecule has 132 valence electrons. The van der Waals surface area contributed by atoms with Crippen LogP contribution >= 0.6 is 11.8 Å². The molecule has 0 saturated heterocycles. The summed E-state index contributed by atoms with van der Waals surface area (Å²) in [5, 5.41) is 13.2. The SMILES string of the molecule is O=C(CSc1ccc([N+](=O)[O-])cc1)N[C@H]1CCC[C@H](C(F)(F)F)C1. The highest BCUT2D eigenvalue weighted by Gasteiger charge is 2.42. The van der Waals surface area contributed by atoms with E-state index >= 15 is 0 Å². The number of nitro benzene ring substituents is 1. The summed E-state index contributed by atoms with van der Waals surface area (Å²) in [7, 11) is 0. The fourth-order valence-electron chi connectivity index (χ4n) is 2.70. The van der Waals surface area contributed by atoms with Crippen molar-refractivity contribution in [1.82, 2.24) is 5.32 Å². The van der Waals surface area contributed by atoms with Crippen LogP contribution in [0.1, 0.15) is 25.7 Å². The Morgan fingerprint density at radius 1 is 1.29 bits per heavy atom. The zero-order valence-electron chi connectivity index (χ0n) is 12.7. The summed E-state index contributed by atoms with van der Waals surface area (Å²) >= 11 is 1.19. The van der Waals surface area contributed by atoms with Gasteiger partial charge < -0.3 is 5.32 Å². The van der Waals surface area contributed by atoms with E-state index in [-0.39, 0.29) is 30.2 Å². The number of nitrogens with one attached hydrogen (secondary N) is 1. The second kappa shape index (κ2) is 7.87. The van der Waals surface area contributed by atoms with Crippen LogP contribution in [0.15, 0.2) is 29.2 Å². The van der Waals surface area contributed by atoms with Crippen LogP contribution in [0, 0.1) is 16.0 Å². The van der Waals surface area contributed by atoms with Crippen molar-refractivity contribution in [3.8, 4) is 0 Å². The van der Waals surface area contributed by atoms with Crippen molar-refractivity contribution in [2.24, 2.45) is 5.92 Å². The predicted molar refractivity (Wildman–Crippen MR) is 83.8 cm³/mol. The molecule has 0 heterocycles. The third kappa shape index (κ3) is 5.40. The van der Waals surface area contributed by atoms with Gasteiger partial charge in [-0.15, -0.1) is 11.8 Å². The Morgan fingerprint density at radius 2 is 1.96 bits per heavy atom. The first-order chi connectivity index (χ1) is 11.3. The van der Waals surface area contributed by atoms with E-state index in [1.807, 2.05) is 0 Å². The highest BCUT2D eigenvalue weighted by Crippen LogP contribution is 2.37. The number of hydrogen-bond acceptors (Lipinski definition) is 4. The second-order valence-electron chi connectivity index (χ2n) is 5.71. The number of hydrogen-bond donors (Lipinski definition) is 1. The van der Waals surface area contributed by atoms with Gasteiger partial charge >= 0.3 is 6.18 Å². The van der Waals surface area contributed by atoms with E-state index in [1.165, 1.54) is 36.0 Å². The van der Waals surface area contributed by atoms with Gasteiger partial charge in [0, 0.05) is 23.1 Å². The van der Waals surface area contributed by atoms with Gasteiger partial charge in [0.25, 0.3) is 5.69 Å². The van der Waals surface area contributed by atoms with Gasteiger partial charge in [-0.05, 0) is 31.4 Å². The van der Waals surface area contributed by atoms with E-state index in [9.17, 15) is 28.1 Å². The maximum absolute atomic E-state index is 12.7. The van der Waals surface area contributed by atoms with Gasteiger partial charge in [0.15, 0.2) is 0 Å².